The lowest BCUT2D eigenvalue weighted by Gasteiger charge is -2.08. The minimum atomic E-state index is -0.401. The zero-order valence-electron chi connectivity index (χ0n) is 11.1. The average Bonchev–Trinajstić information content (AvgIpc) is 2.49. The van der Waals surface area contributed by atoms with E-state index in [0.29, 0.717) is 16.7 Å². The maximum absolute atomic E-state index is 14.3. The van der Waals surface area contributed by atoms with Crippen LogP contribution in [0.25, 0.3) is 22.3 Å². The Balaban J connectivity index is 2.04. The van der Waals surface area contributed by atoms with Crippen molar-refractivity contribution in [2.45, 2.75) is 0 Å². The molecule has 104 valence electrons. The van der Waals surface area contributed by atoms with E-state index >= 15 is 0 Å². The van der Waals surface area contributed by atoms with Crippen molar-refractivity contribution in [1.82, 2.24) is 0 Å². The molecule has 21 heavy (non-hydrogen) atoms. The molecule has 2 N–H and O–H groups in total. The van der Waals surface area contributed by atoms with Crippen LogP contribution in [0, 0.1) is 5.82 Å². The van der Waals surface area contributed by atoms with E-state index in [0.717, 1.165) is 5.56 Å². The van der Waals surface area contributed by atoms with Gasteiger partial charge in [-0.3, -0.25) is 0 Å². The lowest BCUT2D eigenvalue weighted by Crippen LogP contribution is -1.87. The first-order valence-corrected chi connectivity index (χ1v) is 6.52. The third-order valence-electron chi connectivity index (χ3n) is 3.36. The molecule has 3 rings (SSSR count). The molecule has 0 atom stereocenters. The molecule has 0 aliphatic carbocycles. The number of para-hydroxylation sites is 1. The number of halogens is 1. The SMILES string of the molecule is Oc1ccc(-c2ccc(-c3ccccc3O)c(F)c2)cc1. The van der Waals surface area contributed by atoms with Crippen LogP contribution >= 0.6 is 0 Å². The molecular formula is C18H13FO2. The number of aromatic hydroxyl groups is 2. The summed E-state index contributed by atoms with van der Waals surface area (Å²) in [6.07, 6.45) is 0. The molecule has 0 spiro atoms. The van der Waals surface area contributed by atoms with Gasteiger partial charge in [-0.05, 0) is 35.4 Å². The molecule has 0 aliphatic rings. The van der Waals surface area contributed by atoms with Gasteiger partial charge in [-0.1, -0.05) is 42.5 Å². The molecule has 2 nitrogen and oxygen atoms in total. The van der Waals surface area contributed by atoms with Gasteiger partial charge in [0.15, 0.2) is 0 Å². The number of benzene rings is 3. The molecule has 0 amide bonds. The Hall–Kier alpha value is -2.81. The summed E-state index contributed by atoms with van der Waals surface area (Å²) in [5.74, 6) is -0.180. The predicted octanol–water partition coefficient (Wildman–Crippen LogP) is 4.57. The van der Waals surface area contributed by atoms with Crippen molar-refractivity contribution < 1.29 is 14.6 Å². The lowest BCUT2D eigenvalue weighted by molar-refractivity contribution is 0.475. The summed E-state index contributed by atoms with van der Waals surface area (Å²) < 4.78 is 14.3. The maximum atomic E-state index is 14.3. The summed E-state index contributed by atoms with van der Waals surface area (Å²) in [6.45, 7) is 0. The zero-order valence-corrected chi connectivity index (χ0v) is 11.1. The van der Waals surface area contributed by atoms with Gasteiger partial charge in [-0.2, -0.15) is 0 Å². The lowest BCUT2D eigenvalue weighted by atomic mass is 9.99. The molecular weight excluding hydrogens is 267 g/mol. The van der Waals surface area contributed by atoms with Gasteiger partial charge >= 0.3 is 0 Å². The average molecular weight is 280 g/mol. The van der Waals surface area contributed by atoms with Crippen LogP contribution in [0.4, 0.5) is 4.39 Å². The summed E-state index contributed by atoms with van der Waals surface area (Å²) >= 11 is 0. The molecule has 0 aliphatic heterocycles. The Bertz CT molecular complexity index is 779. The van der Waals surface area contributed by atoms with Gasteiger partial charge in [0.1, 0.15) is 17.3 Å². The number of phenols is 2. The zero-order chi connectivity index (χ0) is 14.8. The largest absolute Gasteiger partial charge is 0.508 e. The highest BCUT2D eigenvalue weighted by Crippen LogP contribution is 2.33. The van der Waals surface area contributed by atoms with E-state index in [4.69, 9.17) is 0 Å². The minimum absolute atomic E-state index is 0.0498. The van der Waals surface area contributed by atoms with Gasteiger partial charge in [-0.15, -0.1) is 0 Å². The van der Waals surface area contributed by atoms with E-state index in [1.165, 1.54) is 12.1 Å². The molecule has 0 saturated heterocycles. The van der Waals surface area contributed by atoms with Crippen LogP contribution in [0.1, 0.15) is 0 Å². The molecule has 0 saturated carbocycles. The first kappa shape index (κ1) is 13.2. The summed E-state index contributed by atoms with van der Waals surface area (Å²) in [5.41, 5.74) is 2.35. The normalized spacial score (nSPS) is 10.5. The Morgan fingerprint density at radius 1 is 0.667 bits per heavy atom. The fourth-order valence-corrected chi connectivity index (χ4v) is 2.27. The van der Waals surface area contributed by atoms with E-state index < -0.39 is 5.82 Å². The molecule has 3 aromatic carbocycles. The number of rotatable bonds is 2. The smallest absolute Gasteiger partial charge is 0.131 e. The third kappa shape index (κ3) is 2.58. The second-order valence-corrected chi connectivity index (χ2v) is 4.76. The standard InChI is InChI=1S/C18H13FO2/c19-17-11-13(12-5-8-14(20)9-6-12)7-10-15(17)16-3-1-2-4-18(16)21/h1-11,20-21H. The van der Waals surface area contributed by atoms with Crippen LogP contribution in [0.2, 0.25) is 0 Å². The Kier molecular flexibility index (Phi) is 3.32. The van der Waals surface area contributed by atoms with Crippen molar-refractivity contribution in [2.75, 3.05) is 0 Å². The van der Waals surface area contributed by atoms with Crippen molar-refractivity contribution in [2.24, 2.45) is 0 Å². The van der Waals surface area contributed by atoms with Crippen LogP contribution in [0.3, 0.4) is 0 Å². The third-order valence-corrected chi connectivity index (χ3v) is 3.36. The van der Waals surface area contributed by atoms with Crippen molar-refractivity contribution in [3.05, 3.63) is 72.5 Å². The van der Waals surface area contributed by atoms with Crippen LogP contribution in [-0.2, 0) is 0 Å². The van der Waals surface area contributed by atoms with Gasteiger partial charge in [0.25, 0.3) is 0 Å². The quantitative estimate of drug-likeness (QED) is 0.721. The van der Waals surface area contributed by atoms with Crippen LogP contribution < -0.4 is 0 Å². The van der Waals surface area contributed by atoms with Gasteiger partial charge < -0.3 is 10.2 Å². The molecule has 0 unspecified atom stereocenters. The highest BCUT2D eigenvalue weighted by molar-refractivity contribution is 5.74. The van der Waals surface area contributed by atoms with Crippen molar-refractivity contribution in [1.29, 1.82) is 0 Å². The molecule has 3 heteroatoms. The Morgan fingerprint density at radius 3 is 2.00 bits per heavy atom. The molecule has 0 aromatic heterocycles. The fraction of sp³-hybridized carbons (Fsp3) is 0. The van der Waals surface area contributed by atoms with Gasteiger partial charge in [0.05, 0.1) is 0 Å². The van der Waals surface area contributed by atoms with Crippen molar-refractivity contribution in [3.63, 3.8) is 0 Å². The van der Waals surface area contributed by atoms with E-state index in [2.05, 4.69) is 0 Å². The highest BCUT2D eigenvalue weighted by atomic mass is 19.1. The molecule has 0 bridgehead atoms. The Morgan fingerprint density at radius 2 is 1.33 bits per heavy atom. The predicted molar refractivity (Wildman–Crippen MR) is 80.6 cm³/mol. The van der Waals surface area contributed by atoms with Crippen LogP contribution in [0.15, 0.2) is 66.7 Å². The van der Waals surface area contributed by atoms with E-state index in [-0.39, 0.29) is 11.5 Å². The van der Waals surface area contributed by atoms with Gasteiger partial charge in [0, 0.05) is 11.1 Å². The first-order valence-electron chi connectivity index (χ1n) is 6.52. The topological polar surface area (TPSA) is 40.5 Å². The number of hydrogen-bond donors (Lipinski definition) is 2. The van der Waals surface area contributed by atoms with Crippen LogP contribution in [0.5, 0.6) is 11.5 Å². The number of phenolic OH excluding ortho intramolecular Hbond substituents is 2. The van der Waals surface area contributed by atoms with E-state index in [9.17, 15) is 14.6 Å². The monoisotopic (exact) mass is 280 g/mol. The van der Waals surface area contributed by atoms with E-state index in [1.54, 1.807) is 54.6 Å². The molecule has 0 radical (unpaired) electrons. The number of hydrogen-bond acceptors (Lipinski definition) is 2. The Labute approximate surface area is 121 Å². The summed E-state index contributed by atoms with van der Waals surface area (Å²) in [6, 6.07) is 18.1. The first-order chi connectivity index (χ1) is 10.1. The van der Waals surface area contributed by atoms with Crippen molar-refractivity contribution >= 4 is 0 Å². The molecule has 3 aromatic rings. The highest BCUT2D eigenvalue weighted by Gasteiger charge is 2.10. The van der Waals surface area contributed by atoms with Gasteiger partial charge in [-0.25, -0.2) is 4.39 Å². The fourth-order valence-electron chi connectivity index (χ4n) is 2.27. The second kappa shape index (κ2) is 5.29. The maximum Gasteiger partial charge on any atom is 0.131 e. The molecule has 0 fully saturated rings. The van der Waals surface area contributed by atoms with E-state index in [1.807, 2.05) is 0 Å². The van der Waals surface area contributed by atoms with Crippen LogP contribution in [-0.4, -0.2) is 10.2 Å². The summed E-state index contributed by atoms with van der Waals surface area (Å²) in [7, 11) is 0. The summed E-state index contributed by atoms with van der Waals surface area (Å²) in [5, 5.41) is 19.1. The molecule has 0 heterocycles. The minimum Gasteiger partial charge on any atom is -0.508 e. The van der Waals surface area contributed by atoms with Crippen molar-refractivity contribution in [3.8, 4) is 33.8 Å². The van der Waals surface area contributed by atoms with Gasteiger partial charge in [0.2, 0.25) is 0 Å². The summed E-state index contributed by atoms with van der Waals surface area (Å²) in [4.78, 5) is 0. The second-order valence-electron chi connectivity index (χ2n) is 4.76.